The summed E-state index contributed by atoms with van der Waals surface area (Å²) >= 11 is 0. The van der Waals surface area contributed by atoms with Crippen LogP contribution in [0.5, 0.6) is 0 Å². The Hall–Kier alpha value is -2.10. The number of H-pyrrole nitrogens is 1. The molecule has 0 aliphatic carbocycles. The Labute approximate surface area is 144 Å². The summed E-state index contributed by atoms with van der Waals surface area (Å²) in [6.45, 7) is 3.72. The SMILES string of the molecule is O=c1cnc(-c2nc(C3CCOCC3)nn2CC2COCCO2)c[nH]1. The Kier molecular flexibility index (Phi) is 4.86. The highest BCUT2D eigenvalue weighted by atomic mass is 16.6. The van der Waals surface area contributed by atoms with Crippen LogP contribution in [0.4, 0.5) is 0 Å². The first-order valence-corrected chi connectivity index (χ1v) is 8.56. The minimum atomic E-state index is -0.247. The molecule has 0 radical (unpaired) electrons. The molecule has 2 aromatic heterocycles. The smallest absolute Gasteiger partial charge is 0.266 e. The lowest BCUT2D eigenvalue weighted by Gasteiger charge is -2.23. The minimum absolute atomic E-state index is 0.0699. The van der Waals surface area contributed by atoms with Gasteiger partial charge >= 0.3 is 0 Å². The van der Waals surface area contributed by atoms with E-state index in [1.54, 1.807) is 6.20 Å². The highest BCUT2D eigenvalue weighted by Crippen LogP contribution is 2.26. The second-order valence-electron chi connectivity index (χ2n) is 6.23. The van der Waals surface area contributed by atoms with Crippen molar-refractivity contribution in [2.45, 2.75) is 31.4 Å². The predicted molar refractivity (Wildman–Crippen MR) is 87.2 cm³/mol. The van der Waals surface area contributed by atoms with Crippen LogP contribution in [0.2, 0.25) is 0 Å². The number of aromatic nitrogens is 5. The van der Waals surface area contributed by atoms with Crippen molar-refractivity contribution in [1.82, 2.24) is 24.7 Å². The monoisotopic (exact) mass is 347 g/mol. The Morgan fingerprint density at radius 3 is 2.80 bits per heavy atom. The zero-order valence-electron chi connectivity index (χ0n) is 13.9. The van der Waals surface area contributed by atoms with Crippen LogP contribution in [0, 0.1) is 0 Å². The Balaban J connectivity index is 1.64. The zero-order valence-corrected chi connectivity index (χ0v) is 13.9. The molecule has 0 saturated carbocycles. The fourth-order valence-corrected chi connectivity index (χ4v) is 3.10. The number of aromatic amines is 1. The maximum absolute atomic E-state index is 11.3. The summed E-state index contributed by atoms with van der Waals surface area (Å²) in [7, 11) is 0. The molecular formula is C16H21N5O4. The first-order chi connectivity index (χ1) is 12.3. The highest BCUT2D eigenvalue weighted by molar-refractivity contribution is 5.47. The van der Waals surface area contributed by atoms with Crippen molar-refractivity contribution >= 4 is 0 Å². The molecule has 0 aromatic carbocycles. The Bertz CT molecular complexity index is 742. The topological polar surface area (TPSA) is 104 Å². The van der Waals surface area contributed by atoms with Crippen LogP contribution in [0.1, 0.15) is 24.6 Å². The van der Waals surface area contributed by atoms with Crippen LogP contribution >= 0.6 is 0 Å². The van der Waals surface area contributed by atoms with E-state index in [0.29, 0.717) is 37.9 Å². The van der Waals surface area contributed by atoms with Crippen LogP contribution in [-0.2, 0) is 20.8 Å². The van der Waals surface area contributed by atoms with Crippen molar-refractivity contribution in [2.75, 3.05) is 33.0 Å². The first kappa shape index (κ1) is 16.4. The standard InChI is InChI=1S/C16H21N5O4/c22-14-8-17-13(7-18-14)16-19-15(11-1-3-23-4-2-11)20-21(16)9-12-10-24-5-6-25-12/h7-8,11-12H,1-6,9-10H2,(H,18,22). The van der Waals surface area contributed by atoms with Crippen molar-refractivity contribution < 1.29 is 14.2 Å². The molecule has 2 saturated heterocycles. The summed E-state index contributed by atoms with van der Waals surface area (Å²) < 4.78 is 18.4. The molecule has 0 spiro atoms. The normalized spacial score (nSPS) is 22.2. The molecule has 2 aliphatic heterocycles. The van der Waals surface area contributed by atoms with Crippen LogP contribution in [-0.4, -0.2) is 63.9 Å². The van der Waals surface area contributed by atoms with Crippen molar-refractivity contribution in [3.63, 3.8) is 0 Å². The lowest BCUT2D eigenvalue weighted by Crippen LogP contribution is -2.33. The third-order valence-corrected chi connectivity index (χ3v) is 4.44. The largest absolute Gasteiger partial charge is 0.381 e. The molecule has 1 unspecified atom stereocenters. The van der Waals surface area contributed by atoms with Gasteiger partial charge in [-0.25, -0.2) is 14.6 Å². The van der Waals surface area contributed by atoms with Gasteiger partial charge in [-0.1, -0.05) is 0 Å². The second kappa shape index (κ2) is 7.42. The number of hydrogen-bond acceptors (Lipinski definition) is 7. The third-order valence-electron chi connectivity index (χ3n) is 4.44. The number of rotatable bonds is 4. The number of ether oxygens (including phenoxy) is 3. The first-order valence-electron chi connectivity index (χ1n) is 8.56. The lowest BCUT2D eigenvalue weighted by atomic mass is 10.00. The van der Waals surface area contributed by atoms with Crippen molar-refractivity contribution in [1.29, 1.82) is 0 Å². The van der Waals surface area contributed by atoms with Gasteiger partial charge in [-0.2, -0.15) is 5.10 Å². The van der Waals surface area contributed by atoms with Gasteiger partial charge in [0.1, 0.15) is 11.8 Å². The number of nitrogens with zero attached hydrogens (tertiary/aromatic N) is 4. The molecule has 1 N–H and O–H groups in total. The summed E-state index contributed by atoms with van der Waals surface area (Å²) in [5, 5.41) is 4.71. The average Bonchev–Trinajstić information content (AvgIpc) is 3.08. The van der Waals surface area contributed by atoms with Gasteiger partial charge in [0.15, 0.2) is 11.6 Å². The summed E-state index contributed by atoms with van der Waals surface area (Å²) in [4.78, 5) is 22.9. The Morgan fingerprint density at radius 1 is 1.20 bits per heavy atom. The van der Waals surface area contributed by atoms with E-state index >= 15 is 0 Å². The minimum Gasteiger partial charge on any atom is -0.381 e. The van der Waals surface area contributed by atoms with E-state index in [4.69, 9.17) is 24.3 Å². The van der Waals surface area contributed by atoms with Crippen molar-refractivity contribution in [3.05, 3.63) is 28.6 Å². The summed E-state index contributed by atoms with van der Waals surface area (Å²) in [5.74, 6) is 1.70. The molecule has 134 valence electrons. The van der Waals surface area contributed by atoms with Crippen molar-refractivity contribution in [2.24, 2.45) is 0 Å². The van der Waals surface area contributed by atoms with Crippen molar-refractivity contribution in [3.8, 4) is 11.5 Å². The molecular weight excluding hydrogens is 326 g/mol. The molecule has 9 heteroatoms. The van der Waals surface area contributed by atoms with Gasteiger partial charge in [-0.15, -0.1) is 0 Å². The van der Waals surface area contributed by atoms with E-state index < -0.39 is 0 Å². The average molecular weight is 347 g/mol. The maximum Gasteiger partial charge on any atom is 0.266 e. The van der Waals surface area contributed by atoms with Crippen LogP contribution in [0.15, 0.2) is 17.2 Å². The summed E-state index contributed by atoms with van der Waals surface area (Å²) in [5.41, 5.74) is 0.339. The lowest BCUT2D eigenvalue weighted by molar-refractivity contribution is -0.0945. The van der Waals surface area contributed by atoms with Crippen LogP contribution in [0.25, 0.3) is 11.5 Å². The van der Waals surface area contributed by atoms with E-state index in [0.717, 1.165) is 31.9 Å². The molecule has 2 aromatic rings. The number of hydrogen-bond donors (Lipinski definition) is 1. The van der Waals surface area contributed by atoms with Gasteiger partial charge in [0.25, 0.3) is 5.56 Å². The molecule has 1 atom stereocenters. The second-order valence-corrected chi connectivity index (χ2v) is 6.23. The van der Waals surface area contributed by atoms with Gasteiger partial charge in [0.05, 0.1) is 32.6 Å². The molecule has 2 aliphatic rings. The van der Waals surface area contributed by atoms with Gasteiger partial charge in [0.2, 0.25) is 0 Å². The van der Waals surface area contributed by atoms with Crippen LogP contribution < -0.4 is 5.56 Å². The van der Waals surface area contributed by atoms with E-state index in [9.17, 15) is 4.79 Å². The fourth-order valence-electron chi connectivity index (χ4n) is 3.10. The van der Waals surface area contributed by atoms with E-state index in [-0.39, 0.29) is 17.6 Å². The third kappa shape index (κ3) is 3.78. The maximum atomic E-state index is 11.3. The molecule has 2 fully saturated rings. The summed E-state index contributed by atoms with van der Waals surface area (Å²) in [6.07, 6.45) is 4.56. The van der Waals surface area contributed by atoms with E-state index in [1.807, 2.05) is 4.68 Å². The van der Waals surface area contributed by atoms with Gasteiger partial charge in [-0.3, -0.25) is 4.79 Å². The highest BCUT2D eigenvalue weighted by Gasteiger charge is 2.25. The Morgan fingerprint density at radius 2 is 2.08 bits per heavy atom. The molecule has 25 heavy (non-hydrogen) atoms. The van der Waals surface area contributed by atoms with Gasteiger partial charge in [-0.05, 0) is 12.8 Å². The van der Waals surface area contributed by atoms with E-state index in [2.05, 4.69) is 9.97 Å². The van der Waals surface area contributed by atoms with Gasteiger partial charge < -0.3 is 19.2 Å². The predicted octanol–water partition coefficient (Wildman–Crippen LogP) is 0.338. The van der Waals surface area contributed by atoms with Crippen LogP contribution in [0.3, 0.4) is 0 Å². The summed E-state index contributed by atoms with van der Waals surface area (Å²) in [6, 6.07) is 0. The number of nitrogens with one attached hydrogen (secondary N) is 1. The molecule has 4 heterocycles. The molecule has 9 nitrogen and oxygen atoms in total. The zero-order chi connectivity index (χ0) is 17.1. The quantitative estimate of drug-likeness (QED) is 0.850. The molecule has 4 rings (SSSR count). The molecule has 0 bridgehead atoms. The van der Waals surface area contributed by atoms with E-state index in [1.165, 1.54) is 6.20 Å². The fraction of sp³-hybridized carbons (Fsp3) is 0.625. The van der Waals surface area contributed by atoms with Gasteiger partial charge in [0, 0.05) is 25.3 Å². The molecule has 0 amide bonds.